The van der Waals surface area contributed by atoms with Gasteiger partial charge in [0.1, 0.15) is 0 Å². The molecule has 0 heterocycles. The number of carbonyl (C=O) groups excluding carboxylic acids is 1. The number of alkyl halides is 3. The molecule has 0 aliphatic heterocycles. The Kier molecular flexibility index (Phi) is 4.51. The van der Waals surface area contributed by atoms with Crippen molar-refractivity contribution >= 4 is 5.91 Å². The zero-order valence-corrected chi connectivity index (χ0v) is 8.94. The van der Waals surface area contributed by atoms with E-state index >= 15 is 0 Å². The SMILES string of the molecule is O=C(CCC(F)(F)F)N(O)Cc1ccccc1. The van der Waals surface area contributed by atoms with Crippen LogP contribution in [0.3, 0.4) is 0 Å². The molecule has 0 aliphatic carbocycles. The van der Waals surface area contributed by atoms with Crippen LogP contribution in [0.2, 0.25) is 0 Å². The molecular weight excluding hydrogens is 235 g/mol. The van der Waals surface area contributed by atoms with Crippen LogP contribution in [-0.2, 0) is 11.3 Å². The molecule has 0 radical (unpaired) electrons. The summed E-state index contributed by atoms with van der Waals surface area (Å²) in [7, 11) is 0. The van der Waals surface area contributed by atoms with Crippen LogP contribution in [0.1, 0.15) is 18.4 Å². The maximum Gasteiger partial charge on any atom is 0.389 e. The van der Waals surface area contributed by atoms with Crippen molar-refractivity contribution in [1.82, 2.24) is 5.06 Å². The number of hydroxylamine groups is 2. The van der Waals surface area contributed by atoms with Crippen molar-refractivity contribution in [3.8, 4) is 0 Å². The molecule has 1 aromatic carbocycles. The number of hydrogen-bond acceptors (Lipinski definition) is 2. The van der Waals surface area contributed by atoms with E-state index in [1.165, 1.54) is 0 Å². The summed E-state index contributed by atoms with van der Waals surface area (Å²) in [5.41, 5.74) is 0.648. The monoisotopic (exact) mass is 247 g/mol. The van der Waals surface area contributed by atoms with Crippen LogP contribution in [0.25, 0.3) is 0 Å². The Labute approximate surface area is 96.4 Å². The van der Waals surface area contributed by atoms with E-state index in [4.69, 9.17) is 0 Å². The van der Waals surface area contributed by atoms with Gasteiger partial charge in [0.2, 0.25) is 5.91 Å². The van der Waals surface area contributed by atoms with Crippen LogP contribution < -0.4 is 0 Å². The number of benzene rings is 1. The van der Waals surface area contributed by atoms with E-state index in [0.717, 1.165) is 0 Å². The molecule has 1 N–H and O–H groups in total. The molecule has 0 aromatic heterocycles. The highest BCUT2D eigenvalue weighted by atomic mass is 19.4. The number of amides is 1. The molecule has 1 rings (SSSR count). The lowest BCUT2D eigenvalue weighted by atomic mass is 10.2. The summed E-state index contributed by atoms with van der Waals surface area (Å²) in [5, 5.41) is 9.59. The quantitative estimate of drug-likeness (QED) is 0.656. The van der Waals surface area contributed by atoms with Crippen molar-refractivity contribution in [3.05, 3.63) is 35.9 Å². The molecule has 0 saturated carbocycles. The van der Waals surface area contributed by atoms with E-state index in [2.05, 4.69) is 0 Å². The summed E-state index contributed by atoms with van der Waals surface area (Å²) in [4.78, 5) is 11.2. The molecule has 0 fully saturated rings. The third-order valence-corrected chi connectivity index (χ3v) is 2.09. The molecular formula is C11H12F3NO2. The van der Waals surface area contributed by atoms with Gasteiger partial charge < -0.3 is 0 Å². The van der Waals surface area contributed by atoms with Crippen LogP contribution >= 0.6 is 0 Å². The third-order valence-electron chi connectivity index (χ3n) is 2.09. The Balaban J connectivity index is 2.43. The van der Waals surface area contributed by atoms with Gasteiger partial charge in [-0.15, -0.1) is 0 Å². The molecule has 17 heavy (non-hydrogen) atoms. The van der Waals surface area contributed by atoms with Crippen molar-refractivity contribution < 1.29 is 23.2 Å². The highest BCUT2D eigenvalue weighted by Crippen LogP contribution is 2.21. The first-order valence-corrected chi connectivity index (χ1v) is 4.98. The average Bonchev–Trinajstić information content (AvgIpc) is 2.26. The van der Waals surface area contributed by atoms with Gasteiger partial charge >= 0.3 is 6.18 Å². The maximum absolute atomic E-state index is 11.9. The first-order chi connectivity index (χ1) is 7.88. The Hall–Kier alpha value is -1.56. The molecule has 1 amide bonds. The average molecular weight is 247 g/mol. The molecule has 6 heteroatoms. The number of rotatable bonds is 4. The molecule has 94 valence electrons. The van der Waals surface area contributed by atoms with E-state index in [1.54, 1.807) is 30.3 Å². The lowest BCUT2D eigenvalue weighted by Crippen LogP contribution is -2.28. The Bertz CT molecular complexity index is 365. The van der Waals surface area contributed by atoms with Gasteiger partial charge in [-0.1, -0.05) is 30.3 Å². The van der Waals surface area contributed by atoms with Gasteiger partial charge in [-0.25, -0.2) is 5.06 Å². The summed E-state index contributed by atoms with van der Waals surface area (Å²) < 4.78 is 35.6. The minimum atomic E-state index is -4.39. The van der Waals surface area contributed by atoms with Gasteiger partial charge in [0, 0.05) is 6.42 Å². The van der Waals surface area contributed by atoms with Crippen LogP contribution in [-0.4, -0.2) is 22.4 Å². The molecule has 3 nitrogen and oxygen atoms in total. The van der Waals surface area contributed by atoms with E-state index < -0.39 is 24.9 Å². The van der Waals surface area contributed by atoms with Gasteiger partial charge in [0.25, 0.3) is 0 Å². The maximum atomic E-state index is 11.9. The molecule has 0 atom stereocenters. The summed E-state index contributed by atoms with van der Waals surface area (Å²) in [5.74, 6) is -0.939. The first kappa shape index (κ1) is 13.5. The first-order valence-electron chi connectivity index (χ1n) is 4.98. The molecule has 0 spiro atoms. The van der Waals surface area contributed by atoms with E-state index in [9.17, 15) is 23.2 Å². The molecule has 0 saturated heterocycles. The van der Waals surface area contributed by atoms with Crippen LogP contribution in [0, 0.1) is 0 Å². The fraction of sp³-hybridized carbons (Fsp3) is 0.364. The molecule has 0 bridgehead atoms. The molecule has 1 aromatic rings. The van der Waals surface area contributed by atoms with Crippen LogP contribution in [0.15, 0.2) is 30.3 Å². The second kappa shape index (κ2) is 5.67. The molecule has 0 unspecified atom stereocenters. The van der Waals surface area contributed by atoms with Crippen LogP contribution in [0.5, 0.6) is 0 Å². The van der Waals surface area contributed by atoms with Gasteiger partial charge in [-0.05, 0) is 5.56 Å². The second-order valence-corrected chi connectivity index (χ2v) is 3.55. The summed E-state index contributed by atoms with van der Waals surface area (Å²) in [6.07, 6.45) is -6.35. The lowest BCUT2D eigenvalue weighted by molar-refractivity contribution is -0.175. The van der Waals surface area contributed by atoms with E-state index in [0.29, 0.717) is 10.6 Å². The number of carbonyl (C=O) groups is 1. The van der Waals surface area contributed by atoms with Crippen molar-refractivity contribution in [2.75, 3.05) is 0 Å². The zero-order valence-electron chi connectivity index (χ0n) is 8.94. The fourth-order valence-corrected chi connectivity index (χ4v) is 1.22. The Morgan fingerprint density at radius 3 is 2.35 bits per heavy atom. The van der Waals surface area contributed by atoms with Crippen molar-refractivity contribution in [1.29, 1.82) is 0 Å². The highest BCUT2D eigenvalue weighted by Gasteiger charge is 2.28. The zero-order chi connectivity index (χ0) is 12.9. The summed E-state index contributed by atoms with van der Waals surface area (Å²) in [6.45, 7) is -0.114. The fourth-order valence-electron chi connectivity index (χ4n) is 1.22. The minimum Gasteiger partial charge on any atom is -0.286 e. The number of hydrogen-bond donors (Lipinski definition) is 1. The number of halogens is 3. The third kappa shape index (κ3) is 5.35. The predicted molar refractivity (Wildman–Crippen MR) is 54.1 cm³/mol. The van der Waals surface area contributed by atoms with Gasteiger partial charge in [0.05, 0.1) is 13.0 Å². The van der Waals surface area contributed by atoms with E-state index in [1.807, 2.05) is 0 Å². The largest absolute Gasteiger partial charge is 0.389 e. The van der Waals surface area contributed by atoms with Crippen molar-refractivity contribution in [3.63, 3.8) is 0 Å². The minimum absolute atomic E-state index is 0.114. The van der Waals surface area contributed by atoms with Gasteiger partial charge in [0.15, 0.2) is 0 Å². The lowest BCUT2D eigenvalue weighted by Gasteiger charge is -2.15. The Morgan fingerprint density at radius 1 is 1.24 bits per heavy atom. The van der Waals surface area contributed by atoms with Gasteiger partial charge in [-0.2, -0.15) is 13.2 Å². The van der Waals surface area contributed by atoms with Crippen molar-refractivity contribution in [2.24, 2.45) is 0 Å². The second-order valence-electron chi connectivity index (χ2n) is 3.55. The standard InChI is InChI=1S/C11H12F3NO2/c12-11(13,14)7-6-10(16)15(17)8-9-4-2-1-3-5-9/h1-5,17H,6-8H2. The normalized spacial score (nSPS) is 11.3. The summed E-state index contributed by atoms with van der Waals surface area (Å²) >= 11 is 0. The topological polar surface area (TPSA) is 40.5 Å². The van der Waals surface area contributed by atoms with Crippen LogP contribution in [0.4, 0.5) is 13.2 Å². The summed E-state index contributed by atoms with van der Waals surface area (Å²) in [6, 6.07) is 8.52. The molecule has 0 aliphatic rings. The van der Waals surface area contributed by atoms with Gasteiger partial charge in [-0.3, -0.25) is 10.0 Å². The Morgan fingerprint density at radius 2 is 1.82 bits per heavy atom. The van der Waals surface area contributed by atoms with Crippen molar-refractivity contribution in [2.45, 2.75) is 25.6 Å². The highest BCUT2D eigenvalue weighted by molar-refractivity contribution is 5.74. The smallest absolute Gasteiger partial charge is 0.286 e. The number of nitrogens with zero attached hydrogens (tertiary/aromatic N) is 1. The predicted octanol–water partition coefficient (Wildman–Crippen LogP) is 2.75. The van der Waals surface area contributed by atoms with E-state index in [-0.39, 0.29) is 6.54 Å².